The average Bonchev–Trinajstić information content (AvgIpc) is 2.44. The lowest BCUT2D eigenvalue weighted by Crippen LogP contribution is -2.14. The predicted molar refractivity (Wildman–Crippen MR) is 84.8 cm³/mol. The number of halogens is 1. The van der Waals surface area contributed by atoms with E-state index in [0.29, 0.717) is 5.56 Å². The van der Waals surface area contributed by atoms with E-state index in [1.165, 1.54) is 24.3 Å². The monoisotopic (exact) mass is 330 g/mol. The molecule has 0 aromatic heterocycles. The number of carbonyl (C=O) groups excluding carboxylic acids is 1. The summed E-state index contributed by atoms with van der Waals surface area (Å²) in [6.07, 6.45) is -0.335. The average molecular weight is 330 g/mol. The first-order chi connectivity index (χ1) is 10.2. The van der Waals surface area contributed by atoms with Crippen molar-refractivity contribution in [3.05, 3.63) is 35.6 Å². The number of benzene rings is 1. The molecule has 0 bridgehead atoms. The van der Waals surface area contributed by atoms with E-state index in [0.717, 1.165) is 0 Å². The van der Waals surface area contributed by atoms with Gasteiger partial charge in [0.1, 0.15) is 12.0 Å². The molecule has 6 heteroatoms. The van der Waals surface area contributed by atoms with Crippen molar-refractivity contribution < 1.29 is 22.8 Å². The summed E-state index contributed by atoms with van der Waals surface area (Å²) in [7, 11) is -3.50. The fourth-order valence-corrected chi connectivity index (χ4v) is 3.40. The Hall–Kier alpha value is -1.03. The zero-order valence-corrected chi connectivity index (χ0v) is 14.4. The third-order valence-corrected chi connectivity index (χ3v) is 4.47. The van der Waals surface area contributed by atoms with E-state index in [-0.39, 0.29) is 37.0 Å². The Labute approximate surface area is 131 Å². The molecule has 0 atom stereocenters. The van der Waals surface area contributed by atoms with Gasteiger partial charge in [0.25, 0.3) is 0 Å². The van der Waals surface area contributed by atoms with Gasteiger partial charge in [-0.2, -0.15) is 0 Å². The first-order valence-electron chi connectivity index (χ1n) is 7.39. The van der Waals surface area contributed by atoms with Crippen LogP contribution in [0.25, 0.3) is 0 Å². The number of rotatable bonds is 9. The summed E-state index contributed by atoms with van der Waals surface area (Å²) in [6, 6.07) is 5.13. The van der Waals surface area contributed by atoms with Gasteiger partial charge >= 0.3 is 7.60 Å². The molecule has 22 heavy (non-hydrogen) atoms. The minimum Gasteiger partial charge on any atom is -0.308 e. The Bertz CT molecular complexity index is 509. The minimum atomic E-state index is -3.50. The number of ketones is 1. The summed E-state index contributed by atoms with van der Waals surface area (Å²) < 4.78 is 36.4. The molecule has 0 saturated carbocycles. The molecule has 1 aromatic rings. The number of hydrogen-bond acceptors (Lipinski definition) is 4. The van der Waals surface area contributed by atoms with Gasteiger partial charge in [0.15, 0.2) is 5.78 Å². The zero-order chi connectivity index (χ0) is 16.8. The van der Waals surface area contributed by atoms with Crippen LogP contribution < -0.4 is 0 Å². The molecule has 0 aliphatic carbocycles. The quantitative estimate of drug-likeness (QED) is 0.492. The molecule has 1 aromatic carbocycles. The first kappa shape index (κ1) is 19.0. The van der Waals surface area contributed by atoms with Crippen molar-refractivity contribution in [1.82, 2.24) is 0 Å². The summed E-state index contributed by atoms with van der Waals surface area (Å²) in [6.45, 7) is 8.21. The van der Waals surface area contributed by atoms with Crippen LogP contribution in [0, 0.1) is 17.7 Å². The van der Waals surface area contributed by atoms with Gasteiger partial charge in [-0.05, 0) is 36.1 Å². The Morgan fingerprint density at radius 3 is 1.91 bits per heavy atom. The molecule has 0 fully saturated rings. The van der Waals surface area contributed by atoms with Crippen molar-refractivity contribution in [2.75, 3.05) is 19.4 Å². The fourth-order valence-electron chi connectivity index (χ4n) is 1.56. The fraction of sp³-hybridized carbons (Fsp3) is 0.562. The first-order valence-corrected chi connectivity index (χ1v) is 9.11. The molecule has 0 unspecified atom stereocenters. The molecular formula is C16H24FO4P. The van der Waals surface area contributed by atoms with Gasteiger partial charge in [-0.1, -0.05) is 27.7 Å². The summed E-state index contributed by atoms with van der Waals surface area (Å²) >= 11 is 0. The molecule has 0 aliphatic heterocycles. The van der Waals surface area contributed by atoms with Crippen LogP contribution in [0.2, 0.25) is 0 Å². The Kier molecular flexibility index (Phi) is 7.40. The Morgan fingerprint density at radius 2 is 1.50 bits per heavy atom. The second kappa shape index (κ2) is 8.56. The predicted octanol–water partition coefficient (Wildman–Crippen LogP) is 4.55. The molecule has 1 rings (SSSR count). The largest absolute Gasteiger partial charge is 0.338 e. The minimum absolute atomic E-state index is 0.178. The topological polar surface area (TPSA) is 52.6 Å². The van der Waals surface area contributed by atoms with Crippen LogP contribution in [-0.4, -0.2) is 25.2 Å². The molecule has 124 valence electrons. The van der Waals surface area contributed by atoms with E-state index < -0.39 is 13.4 Å². The molecule has 0 N–H and O–H groups in total. The molecule has 0 heterocycles. The van der Waals surface area contributed by atoms with E-state index in [4.69, 9.17) is 9.05 Å². The van der Waals surface area contributed by atoms with E-state index in [2.05, 4.69) is 0 Å². The van der Waals surface area contributed by atoms with Crippen molar-refractivity contribution in [3.63, 3.8) is 0 Å². The van der Waals surface area contributed by atoms with Crippen LogP contribution in [0.3, 0.4) is 0 Å². The SMILES string of the molecule is CC(C)COP(=O)(CC(=O)c1ccc(F)cc1)OCC(C)C. The van der Waals surface area contributed by atoms with Crippen LogP contribution >= 0.6 is 7.60 Å². The van der Waals surface area contributed by atoms with Gasteiger partial charge in [0.05, 0.1) is 13.2 Å². The van der Waals surface area contributed by atoms with Crippen LogP contribution in [0.15, 0.2) is 24.3 Å². The molecule has 0 radical (unpaired) electrons. The van der Waals surface area contributed by atoms with Gasteiger partial charge in [-0.3, -0.25) is 9.36 Å². The van der Waals surface area contributed by atoms with Crippen molar-refractivity contribution >= 4 is 13.4 Å². The standard InChI is InChI=1S/C16H24FO4P/c1-12(2)9-20-22(19,21-10-13(3)4)11-16(18)14-5-7-15(17)8-6-14/h5-8,12-13H,9-11H2,1-4H3. The van der Waals surface area contributed by atoms with Crippen LogP contribution in [0.5, 0.6) is 0 Å². The van der Waals surface area contributed by atoms with Crippen LogP contribution in [0.4, 0.5) is 4.39 Å². The van der Waals surface area contributed by atoms with Gasteiger partial charge < -0.3 is 9.05 Å². The molecule has 0 spiro atoms. The lowest BCUT2D eigenvalue weighted by molar-refractivity contribution is 0.0999. The number of carbonyl (C=O) groups is 1. The zero-order valence-electron chi connectivity index (χ0n) is 13.5. The second-order valence-corrected chi connectivity index (χ2v) is 8.13. The van der Waals surface area contributed by atoms with Crippen LogP contribution in [-0.2, 0) is 13.6 Å². The smallest absolute Gasteiger partial charge is 0.308 e. The highest BCUT2D eigenvalue weighted by Crippen LogP contribution is 2.49. The molecule has 0 saturated heterocycles. The van der Waals surface area contributed by atoms with Crippen molar-refractivity contribution in [2.24, 2.45) is 11.8 Å². The summed E-state index contributed by atoms with van der Waals surface area (Å²) in [5.74, 6) is -0.448. The second-order valence-electron chi connectivity index (χ2n) is 6.08. The molecule has 0 amide bonds. The van der Waals surface area contributed by atoms with E-state index in [1.807, 2.05) is 27.7 Å². The third-order valence-electron chi connectivity index (χ3n) is 2.71. The van der Waals surface area contributed by atoms with E-state index >= 15 is 0 Å². The highest BCUT2D eigenvalue weighted by atomic mass is 31.2. The lowest BCUT2D eigenvalue weighted by atomic mass is 10.1. The van der Waals surface area contributed by atoms with E-state index in [1.54, 1.807) is 0 Å². The number of Topliss-reactive ketones (excluding diaryl/α,β-unsaturated/α-hetero) is 1. The van der Waals surface area contributed by atoms with Crippen LogP contribution in [0.1, 0.15) is 38.1 Å². The third kappa shape index (κ3) is 6.82. The summed E-state index contributed by atoms with van der Waals surface area (Å²) in [5, 5.41) is 0. The highest BCUT2D eigenvalue weighted by molar-refractivity contribution is 7.55. The molecular weight excluding hydrogens is 306 g/mol. The van der Waals surface area contributed by atoms with Gasteiger partial charge in [0, 0.05) is 5.56 Å². The van der Waals surface area contributed by atoms with Crippen molar-refractivity contribution in [3.8, 4) is 0 Å². The van der Waals surface area contributed by atoms with Gasteiger partial charge in [-0.15, -0.1) is 0 Å². The lowest BCUT2D eigenvalue weighted by Gasteiger charge is -2.20. The maximum atomic E-state index is 12.9. The summed E-state index contributed by atoms with van der Waals surface area (Å²) in [5.41, 5.74) is 0.294. The maximum absolute atomic E-state index is 12.9. The van der Waals surface area contributed by atoms with Crippen molar-refractivity contribution in [1.29, 1.82) is 0 Å². The molecule has 0 aliphatic rings. The normalized spacial score (nSPS) is 12.1. The maximum Gasteiger partial charge on any atom is 0.338 e. The van der Waals surface area contributed by atoms with Gasteiger partial charge in [0.2, 0.25) is 0 Å². The van der Waals surface area contributed by atoms with Gasteiger partial charge in [-0.25, -0.2) is 4.39 Å². The summed E-state index contributed by atoms with van der Waals surface area (Å²) in [4.78, 5) is 12.2. The molecule has 4 nitrogen and oxygen atoms in total. The Morgan fingerprint density at radius 1 is 1.05 bits per heavy atom. The van der Waals surface area contributed by atoms with E-state index in [9.17, 15) is 13.8 Å². The van der Waals surface area contributed by atoms with Crippen molar-refractivity contribution in [2.45, 2.75) is 27.7 Å². The Balaban J connectivity index is 2.79. The number of hydrogen-bond donors (Lipinski definition) is 0. The highest BCUT2D eigenvalue weighted by Gasteiger charge is 2.29.